The number of fused-ring (bicyclic) bond motifs is 2. The van der Waals surface area contributed by atoms with Gasteiger partial charge in [-0.3, -0.25) is 9.59 Å². The zero-order valence-corrected chi connectivity index (χ0v) is 12.5. The molecular formula is C16H20FN3O2. The van der Waals surface area contributed by atoms with Crippen molar-refractivity contribution >= 4 is 17.5 Å². The number of anilines is 1. The average Bonchev–Trinajstić information content (AvgIpc) is 2.80. The number of halogens is 1. The molecule has 0 spiro atoms. The maximum atomic E-state index is 13.6. The maximum Gasteiger partial charge on any atom is 0.251 e. The van der Waals surface area contributed by atoms with E-state index in [1.54, 1.807) is 0 Å². The first-order valence-electron chi connectivity index (χ1n) is 7.65. The number of benzene rings is 1. The lowest BCUT2D eigenvalue weighted by molar-refractivity contribution is -0.114. The third-order valence-corrected chi connectivity index (χ3v) is 4.35. The molecule has 3 N–H and O–H groups in total. The molecule has 2 aliphatic heterocycles. The predicted molar refractivity (Wildman–Crippen MR) is 81.1 cm³/mol. The normalized spacial score (nSPS) is 26.5. The fraction of sp³-hybridized carbons (Fsp3) is 0.500. The molecule has 2 heterocycles. The molecule has 2 amide bonds. The van der Waals surface area contributed by atoms with Gasteiger partial charge in [0.2, 0.25) is 5.91 Å². The third kappa shape index (κ3) is 3.27. The minimum atomic E-state index is -0.549. The molecule has 5 nitrogen and oxygen atoms in total. The second-order valence-electron chi connectivity index (χ2n) is 6.16. The van der Waals surface area contributed by atoms with Crippen molar-refractivity contribution in [2.75, 3.05) is 5.32 Å². The Morgan fingerprint density at radius 2 is 1.91 bits per heavy atom. The van der Waals surface area contributed by atoms with Crippen molar-refractivity contribution in [3.8, 4) is 0 Å². The van der Waals surface area contributed by atoms with E-state index in [4.69, 9.17) is 0 Å². The molecule has 1 aromatic rings. The first-order chi connectivity index (χ1) is 10.5. The molecule has 2 saturated heterocycles. The van der Waals surface area contributed by atoms with Crippen LogP contribution in [0.5, 0.6) is 0 Å². The van der Waals surface area contributed by atoms with Crippen molar-refractivity contribution in [3.63, 3.8) is 0 Å². The molecular weight excluding hydrogens is 285 g/mol. The molecule has 0 saturated carbocycles. The van der Waals surface area contributed by atoms with Gasteiger partial charge in [0.25, 0.3) is 5.91 Å². The Bertz CT molecular complexity index is 593. The Balaban J connectivity index is 1.68. The number of hydrogen-bond donors (Lipinski definition) is 3. The van der Waals surface area contributed by atoms with Crippen molar-refractivity contribution in [2.24, 2.45) is 0 Å². The fourth-order valence-electron chi connectivity index (χ4n) is 3.40. The third-order valence-electron chi connectivity index (χ3n) is 4.35. The van der Waals surface area contributed by atoms with Gasteiger partial charge in [-0.25, -0.2) is 4.39 Å². The zero-order valence-electron chi connectivity index (χ0n) is 12.5. The van der Waals surface area contributed by atoms with E-state index >= 15 is 0 Å². The van der Waals surface area contributed by atoms with Gasteiger partial charge in [0.05, 0.1) is 5.69 Å². The van der Waals surface area contributed by atoms with Crippen LogP contribution in [0.15, 0.2) is 18.2 Å². The van der Waals surface area contributed by atoms with Crippen LogP contribution in [0.1, 0.15) is 43.0 Å². The quantitative estimate of drug-likeness (QED) is 0.797. The molecule has 1 aromatic carbocycles. The summed E-state index contributed by atoms with van der Waals surface area (Å²) in [6.45, 7) is 1.30. The lowest BCUT2D eigenvalue weighted by Crippen LogP contribution is -2.48. The highest BCUT2D eigenvalue weighted by molar-refractivity contribution is 5.97. The van der Waals surface area contributed by atoms with E-state index in [1.807, 2.05) is 0 Å². The van der Waals surface area contributed by atoms with Crippen LogP contribution in [0.25, 0.3) is 0 Å². The molecule has 2 atom stereocenters. The summed E-state index contributed by atoms with van der Waals surface area (Å²) in [5, 5.41) is 8.94. The van der Waals surface area contributed by atoms with Gasteiger partial charge in [-0.2, -0.15) is 0 Å². The second kappa shape index (κ2) is 6.04. The Morgan fingerprint density at radius 1 is 1.23 bits per heavy atom. The molecule has 2 unspecified atom stereocenters. The van der Waals surface area contributed by atoms with Crippen LogP contribution in [0.4, 0.5) is 10.1 Å². The highest BCUT2D eigenvalue weighted by Crippen LogP contribution is 2.27. The van der Waals surface area contributed by atoms with Crippen LogP contribution in [-0.2, 0) is 4.79 Å². The van der Waals surface area contributed by atoms with E-state index in [0.717, 1.165) is 12.8 Å². The largest absolute Gasteiger partial charge is 0.349 e. The van der Waals surface area contributed by atoms with Gasteiger partial charge in [-0.15, -0.1) is 0 Å². The van der Waals surface area contributed by atoms with Crippen LogP contribution in [0.2, 0.25) is 0 Å². The van der Waals surface area contributed by atoms with Gasteiger partial charge >= 0.3 is 0 Å². The summed E-state index contributed by atoms with van der Waals surface area (Å²) in [5.41, 5.74) is 0.390. The van der Waals surface area contributed by atoms with Crippen molar-refractivity contribution in [3.05, 3.63) is 29.6 Å². The maximum absolute atomic E-state index is 13.6. The van der Waals surface area contributed by atoms with Crippen molar-refractivity contribution < 1.29 is 14.0 Å². The topological polar surface area (TPSA) is 70.2 Å². The van der Waals surface area contributed by atoms with Crippen LogP contribution >= 0.6 is 0 Å². The lowest BCUT2D eigenvalue weighted by atomic mass is 9.99. The Morgan fingerprint density at radius 3 is 2.55 bits per heavy atom. The summed E-state index contributed by atoms with van der Waals surface area (Å²) >= 11 is 0. The summed E-state index contributed by atoms with van der Waals surface area (Å²) in [4.78, 5) is 23.4. The molecule has 6 heteroatoms. The standard InChI is InChI=1S/C16H20FN3O2/c1-9(21)18-15-6-10(2-5-14(15)17)16(22)20-13-7-11-3-4-12(8-13)19-11/h2,5-6,11-13,19H,3-4,7-8H2,1H3,(H,18,21)(H,20,22). The first kappa shape index (κ1) is 15.0. The smallest absolute Gasteiger partial charge is 0.251 e. The van der Waals surface area contributed by atoms with Gasteiger partial charge in [-0.1, -0.05) is 0 Å². The minimum absolute atomic E-state index is 0.0329. The van der Waals surface area contributed by atoms with E-state index < -0.39 is 5.82 Å². The van der Waals surface area contributed by atoms with Crippen LogP contribution in [-0.4, -0.2) is 29.9 Å². The highest BCUT2D eigenvalue weighted by atomic mass is 19.1. The van der Waals surface area contributed by atoms with E-state index in [1.165, 1.54) is 38.0 Å². The Labute approximate surface area is 128 Å². The lowest BCUT2D eigenvalue weighted by Gasteiger charge is -2.29. The van der Waals surface area contributed by atoms with Crippen LogP contribution < -0.4 is 16.0 Å². The van der Waals surface area contributed by atoms with Gasteiger partial charge in [0.1, 0.15) is 5.82 Å². The number of rotatable bonds is 3. The second-order valence-corrected chi connectivity index (χ2v) is 6.16. The van der Waals surface area contributed by atoms with Gasteiger partial charge in [0.15, 0.2) is 0 Å². The Hall–Kier alpha value is -1.95. The number of hydrogen-bond acceptors (Lipinski definition) is 3. The van der Waals surface area contributed by atoms with Crippen molar-refractivity contribution in [1.29, 1.82) is 0 Å². The summed E-state index contributed by atoms with van der Waals surface area (Å²) in [6, 6.07) is 5.15. The molecule has 0 radical (unpaired) electrons. The molecule has 2 aliphatic rings. The van der Waals surface area contributed by atoms with Gasteiger partial charge in [-0.05, 0) is 43.9 Å². The Kier molecular flexibility index (Phi) is 4.11. The average molecular weight is 305 g/mol. The SMILES string of the molecule is CC(=O)Nc1cc(C(=O)NC2CC3CCC(C2)N3)ccc1F. The summed E-state index contributed by atoms with van der Waals surface area (Å²) < 4.78 is 13.6. The molecule has 0 aromatic heterocycles. The summed E-state index contributed by atoms with van der Waals surface area (Å²) in [6.07, 6.45) is 4.20. The molecule has 3 rings (SSSR count). The monoisotopic (exact) mass is 305 g/mol. The summed E-state index contributed by atoms with van der Waals surface area (Å²) in [7, 11) is 0. The number of carbonyl (C=O) groups excluding carboxylic acids is 2. The summed E-state index contributed by atoms with van der Waals surface area (Å²) in [5.74, 6) is -1.14. The first-order valence-corrected chi connectivity index (χ1v) is 7.65. The number of piperidine rings is 1. The number of carbonyl (C=O) groups is 2. The fourth-order valence-corrected chi connectivity index (χ4v) is 3.40. The van der Waals surface area contributed by atoms with E-state index in [-0.39, 0.29) is 23.5 Å². The molecule has 118 valence electrons. The van der Waals surface area contributed by atoms with Crippen molar-refractivity contribution in [1.82, 2.24) is 10.6 Å². The highest BCUT2D eigenvalue weighted by Gasteiger charge is 2.34. The zero-order chi connectivity index (χ0) is 15.7. The van der Waals surface area contributed by atoms with Gasteiger partial charge < -0.3 is 16.0 Å². The molecule has 0 aliphatic carbocycles. The molecule has 2 bridgehead atoms. The number of amides is 2. The van der Waals surface area contributed by atoms with E-state index in [9.17, 15) is 14.0 Å². The van der Waals surface area contributed by atoms with Crippen LogP contribution in [0.3, 0.4) is 0 Å². The van der Waals surface area contributed by atoms with E-state index in [0.29, 0.717) is 17.6 Å². The molecule has 2 fully saturated rings. The predicted octanol–water partition coefficient (Wildman–Crippen LogP) is 1.80. The van der Waals surface area contributed by atoms with Crippen LogP contribution in [0, 0.1) is 5.82 Å². The van der Waals surface area contributed by atoms with Crippen molar-refractivity contribution in [2.45, 2.75) is 50.7 Å². The minimum Gasteiger partial charge on any atom is -0.349 e. The molecule has 22 heavy (non-hydrogen) atoms. The number of nitrogens with one attached hydrogen (secondary N) is 3. The van der Waals surface area contributed by atoms with Gasteiger partial charge in [0, 0.05) is 30.6 Å². The van der Waals surface area contributed by atoms with E-state index in [2.05, 4.69) is 16.0 Å².